The van der Waals surface area contributed by atoms with Gasteiger partial charge in [0, 0.05) is 11.2 Å². The van der Waals surface area contributed by atoms with Crippen LogP contribution in [0.1, 0.15) is 33.3 Å². The lowest BCUT2D eigenvalue weighted by Crippen LogP contribution is -2.25. The molecule has 0 saturated heterocycles. The van der Waals surface area contributed by atoms with E-state index in [2.05, 4.69) is 41.6 Å². The number of aryl methyl sites for hydroxylation is 1. The fraction of sp³-hybridized carbons (Fsp3) is 0.438. The van der Waals surface area contributed by atoms with Crippen LogP contribution in [0.25, 0.3) is 0 Å². The Labute approximate surface area is 145 Å². The van der Waals surface area contributed by atoms with Gasteiger partial charge in [0.15, 0.2) is 4.34 Å². The van der Waals surface area contributed by atoms with Gasteiger partial charge in [-0.2, -0.15) is 0 Å². The number of benzene rings is 1. The molecule has 5 nitrogen and oxygen atoms in total. The first-order chi connectivity index (χ1) is 10.7. The molecule has 1 heterocycles. The average Bonchev–Trinajstić information content (AvgIpc) is 2.86. The summed E-state index contributed by atoms with van der Waals surface area (Å²) in [6, 6.07) is 7.74. The number of nitrogens with zero attached hydrogens (tertiary/aromatic N) is 2. The topological polar surface area (TPSA) is 66.9 Å². The second-order valence-electron chi connectivity index (χ2n) is 6.31. The molecule has 0 aliphatic carbocycles. The SMILES string of the molecule is Cc1ccccc1NC(=O)[C@@H](C)Sc1nnc(NC(C)(C)C)s1. The number of para-hydroxylation sites is 1. The van der Waals surface area contributed by atoms with Gasteiger partial charge in [0.1, 0.15) is 0 Å². The van der Waals surface area contributed by atoms with E-state index in [-0.39, 0.29) is 16.7 Å². The van der Waals surface area contributed by atoms with Crippen molar-refractivity contribution >= 4 is 39.8 Å². The normalized spacial score (nSPS) is 12.7. The predicted octanol–water partition coefficient (Wildman–Crippen LogP) is 4.18. The van der Waals surface area contributed by atoms with Crippen LogP contribution in [0.15, 0.2) is 28.6 Å². The molecule has 1 aromatic carbocycles. The number of nitrogens with one attached hydrogen (secondary N) is 2. The Morgan fingerprint density at radius 2 is 1.96 bits per heavy atom. The Morgan fingerprint density at radius 3 is 2.61 bits per heavy atom. The van der Waals surface area contributed by atoms with Crippen molar-refractivity contribution in [1.29, 1.82) is 0 Å². The maximum atomic E-state index is 12.3. The van der Waals surface area contributed by atoms with E-state index in [1.54, 1.807) is 0 Å². The minimum Gasteiger partial charge on any atom is -0.355 e. The van der Waals surface area contributed by atoms with E-state index in [1.807, 2.05) is 38.1 Å². The highest BCUT2D eigenvalue weighted by atomic mass is 32.2. The zero-order valence-electron chi connectivity index (χ0n) is 14.0. The molecular formula is C16H22N4OS2. The summed E-state index contributed by atoms with van der Waals surface area (Å²) in [5.74, 6) is -0.0372. The van der Waals surface area contributed by atoms with Gasteiger partial charge >= 0.3 is 0 Å². The molecule has 0 aliphatic rings. The lowest BCUT2D eigenvalue weighted by atomic mass is 10.1. The molecule has 1 atom stereocenters. The lowest BCUT2D eigenvalue weighted by Gasteiger charge is -2.18. The largest absolute Gasteiger partial charge is 0.355 e. The van der Waals surface area contributed by atoms with Gasteiger partial charge in [-0.15, -0.1) is 10.2 Å². The molecule has 0 unspecified atom stereocenters. The van der Waals surface area contributed by atoms with E-state index >= 15 is 0 Å². The number of amides is 1. The monoisotopic (exact) mass is 350 g/mol. The van der Waals surface area contributed by atoms with Crippen LogP contribution in [0.5, 0.6) is 0 Å². The number of anilines is 2. The molecule has 2 N–H and O–H groups in total. The number of hydrogen-bond acceptors (Lipinski definition) is 6. The molecule has 23 heavy (non-hydrogen) atoms. The van der Waals surface area contributed by atoms with Crippen molar-refractivity contribution in [3.05, 3.63) is 29.8 Å². The van der Waals surface area contributed by atoms with Gasteiger partial charge in [0.25, 0.3) is 0 Å². The van der Waals surface area contributed by atoms with Crippen molar-refractivity contribution < 1.29 is 4.79 Å². The van der Waals surface area contributed by atoms with Crippen LogP contribution in [-0.2, 0) is 4.79 Å². The minimum atomic E-state index is -0.245. The smallest absolute Gasteiger partial charge is 0.237 e. The Morgan fingerprint density at radius 1 is 1.26 bits per heavy atom. The number of aromatic nitrogens is 2. The van der Waals surface area contributed by atoms with Crippen LogP contribution in [0, 0.1) is 6.92 Å². The van der Waals surface area contributed by atoms with E-state index in [1.165, 1.54) is 23.1 Å². The van der Waals surface area contributed by atoms with Crippen molar-refractivity contribution in [2.45, 2.75) is 49.7 Å². The standard InChI is InChI=1S/C16H22N4OS2/c1-10-8-6-7-9-12(10)17-13(21)11(2)22-15-20-19-14(23-15)18-16(3,4)5/h6-9,11H,1-5H3,(H,17,21)(H,18,19)/t11-/m1/s1. The number of carbonyl (C=O) groups excluding carboxylic acids is 1. The Kier molecular flexibility index (Phi) is 5.64. The van der Waals surface area contributed by atoms with E-state index in [0.29, 0.717) is 0 Å². The van der Waals surface area contributed by atoms with Gasteiger partial charge in [-0.25, -0.2) is 0 Å². The van der Waals surface area contributed by atoms with Crippen molar-refractivity contribution in [3.63, 3.8) is 0 Å². The molecule has 7 heteroatoms. The zero-order valence-corrected chi connectivity index (χ0v) is 15.6. The molecule has 0 bridgehead atoms. The number of carbonyl (C=O) groups is 1. The molecular weight excluding hydrogens is 328 g/mol. The van der Waals surface area contributed by atoms with Gasteiger partial charge in [-0.1, -0.05) is 41.3 Å². The maximum absolute atomic E-state index is 12.3. The molecule has 2 rings (SSSR count). The van der Waals surface area contributed by atoms with Crippen LogP contribution >= 0.6 is 23.1 Å². The first kappa shape index (κ1) is 17.7. The lowest BCUT2D eigenvalue weighted by molar-refractivity contribution is -0.115. The van der Waals surface area contributed by atoms with Crippen molar-refractivity contribution in [3.8, 4) is 0 Å². The van der Waals surface area contributed by atoms with E-state index in [4.69, 9.17) is 0 Å². The van der Waals surface area contributed by atoms with Crippen LogP contribution < -0.4 is 10.6 Å². The van der Waals surface area contributed by atoms with Gasteiger partial charge in [-0.3, -0.25) is 4.79 Å². The summed E-state index contributed by atoms with van der Waals surface area (Å²) in [5.41, 5.74) is 1.83. The molecule has 1 amide bonds. The van der Waals surface area contributed by atoms with Crippen LogP contribution in [0.2, 0.25) is 0 Å². The Hall–Kier alpha value is -1.60. The highest BCUT2D eigenvalue weighted by Crippen LogP contribution is 2.30. The Bertz CT molecular complexity index is 679. The predicted molar refractivity (Wildman–Crippen MR) is 98.4 cm³/mol. The van der Waals surface area contributed by atoms with Crippen LogP contribution in [0.3, 0.4) is 0 Å². The first-order valence-electron chi connectivity index (χ1n) is 7.39. The number of hydrogen-bond donors (Lipinski definition) is 2. The fourth-order valence-electron chi connectivity index (χ4n) is 1.78. The van der Waals surface area contributed by atoms with E-state index < -0.39 is 0 Å². The highest BCUT2D eigenvalue weighted by Gasteiger charge is 2.19. The third-order valence-corrected chi connectivity index (χ3v) is 4.96. The molecule has 0 radical (unpaired) electrons. The summed E-state index contributed by atoms with van der Waals surface area (Å²) in [6.07, 6.45) is 0. The number of thioether (sulfide) groups is 1. The summed E-state index contributed by atoms with van der Waals surface area (Å²) < 4.78 is 0.782. The second-order valence-corrected chi connectivity index (χ2v) is 8.88. The van der Waals surface area contributed by atoms with E-state index in [0.717, 1.165) is 20.7 Å². The van der Waals surface area contributed by atoms with Crippen molar-refractivity contribution in [1.82, 2.24) is 10.2 Å². The highest BCUT2D eigenvalue weighted by molar-refractivity contribution is 8.02. The molecule has 0 saturated carbocycles. The first-order valence-corrected chi connectivity index (χ1v) is 9.09. The van der Waals surface area contributed by atoms with Gasteiger partial charge in [0.05, 0.1) is 5.25 Å². The quantitative estimate of drug-likeness (QED) is 0.792. The molecule has 1 aromatic heterocycles. The second kappa shape index (κ2) is 7.31. The van der Waals surface area contributed by atoms with Gasteiger partial charge in [-0.05, 0) is 46.2 Å². The minimum absolute atomic E-state index is 0.0372. The maximum Gasteiger partial charge on any atom is 0.237 e. The molecule has 0 aliphatic heterocycles. The zero-order chi connectivity index (χ0) is 17.0. The van der Waals surface area contributed by atoms with E-state index in [9.17, 15) is 4.79 Å². The van der Waals surface area contributed by atoms with Crippen LogP contribution in [0.4, 0.5) is 10.8 Å². The van der Waals surface area contributed by atoms with Crippen LogP contribution in [-0.4, -0.2) is 26.9 Å². The fourth-order valence-corrected chi connectivity index (χ4v) is 3.89. The summed E-state index contributed by atoms with van der Waals surface area (Å²) in [6.45, 7) is 10.1. The molecule has 2 aromatic rings. The molecule has 124 valence electrons. The summed E-state index contributed by atoms with van der Waals surface area (Å²) in [7, 11) is 0. The Balaban J connectivity index is 1.95. The molecule has 0 fully saturated rings. The summed E-state index contributed by atoms with van der Waals surface area (Å²) in [4.78, 5) is 12.3. The van der Waals surface area contributed by atoms with Gasteiger partial charge < -0.3 is 10.6 Å². The van der Waals surface area contributed by atoms with Crippen molar-refractivity contribution in [2.24, 2.45) is 0 Å². The van der Waals surface area contributed by atoms with Gasteiger partial charge in [0.2, 0.25) is 11.0 Å². The number of rotatable bonds is 5. The average molecular weight is 351 g/mol. The summed E-state index contributed by atoms with van der Waals surface area (Å²) in [5, 5.41) is 15.0. The third-order valence-electron chi connectivity index (χ3n) is 2.94. The summed E-state index contributed by atoms with van der Waals surface area (Å²) >= 11 is 2.88. The molecule has 0 spiro atoms. The van der Waals surface area contributed by atoms with Crippen molar-refractivity contribution in [2.75, 3.05) is 10.6 Å². The third kappa shape index (κ3) is 5.51.